The van der Waals surface area contributed by atoms with Gasteiger partial charge in [0.2, 0.25) is 11.8 Å². The average Bonchev–Trinajstić information content (AvgIpc) is 2.79. The summed E-state index contributed by atoms with van der Waals surface area (Å²) in [5, 5.41) is 2.94. The van der Waals surface area contributed by atoms with Crippen molar-refractivity contribution in [2.24, 2.45) is 5.92 Å². The van der Waals surface area contributed by atoms with Crippen molar-refractivity contribution in [3.8, 4) is 5.75 Å². The first-order valence-electron chi connectivity index (χ1n) is 7.48. The molecule has 0 radical (unpaired) electrons. The Morgan fingerprint density at radius 1 is 1.36 bits per heavy atom. The van der Waals surface area contributed by atoms with Gasteiger partial charge in [-0.2, -0.15) is 0 Å². The molecule has 1 aliphatic heterocycles. The first kappa shape index (κ1) is 16.3. The van der Waals surface area contributed by atoms with E-state index in [0.29, 0.717) is 12.3 Å². The highest BCUT2D eigenvalue weighted by molar-refractivity contribution is 6.01. The second kappa shape index (κ2) is 5.99. The summed E-state index contributed by atoms with van der Waals surface area (Å²) in [6.45, 7) is 8.16. The second-order valence-electron chi connectivity index (χ2n) is 6.82. The van der Waals surface area contributed by atoms with Crippen LogP contribution in [0.3, 0.4) is 0 Å². The molecule has 0 saturated carbocycles. The molecule has 5 nitrogen and oxygen atoms in total. The van der Waals surface area contributed by atoms with E-state index >= 15 is 0 Å². The minimum Gasteiger partial charge on any atom is -0.495 e. The Balaban J connectivity index is 2.20. The van der Waals surface area contributed by atoms with Gasteiger partial charge in [0.1, 0.15) is 5.75 Å². The average molecular weight is 304 g/mol. The smallest absolute Gasteiger partial charge is 0.227 e. The Kier molecular flexibility index (Phi) is 4.44. The molecule has 1 heterocycles. The van der Waals surface area contributed by atoms with Gasteiger partial charge in [-0.05, 0) is 45.4 Å². The van der Waals surface area contributed by atoms with Crippen molar-refractivity contribution in [1.82, 2.24) is 5.32 Å². The van der Waals surface area contributed by atoms with E-state index in [4.69, 9.17) is 4.74 Å². The molecule has 1 aliphatic rings. The zero-order valence-electron chi connectivity index (χ0n) is 13.9. The maximum absolute atomic E-state index is 12.3. The number of benzene rings is 1. The molecule has 0 aliphatic carbocycles. The van der Waals surface area contributed by atoms with Gasteiger partial charge in [-0.1, -0.05) is 6.07 Å². The fourth-order valence-corrected chi connectivity index (χ4v) is 2.60. The van der Waals surface area contributed by atoms with Crippen LogP contribution in [-0.2, 0) is 9.59 Å². The van der Waals surface area contributed by atoms with Crippen LogP contribution in [0.2, 0.25) is 0 Å². The summed E-state index contributed by atoms with van der Waals surface area (Å²) in [6, 6.07) is 5.70. The molecule has 5 heteroatoms. The molecule has 0 spiro atoms. The van der Waals surface area contributed by atoms with Crippen LogP contribution < -0.4 is 15.0 Å². The summed E-state index contributed by atoms with van der Waals surface area (Å²) in [5.41, 5.74) is 1.49. The lowest BCUT2D eigenvalue weighted by molar-refractivity contribution is -0.127. The summed E-state index contributed by atoms with van der Waals surface area (Å²) < 4.78 is 5.34. The van der Waals surface area contributed by atoms with E-state index in [-0.39, 0.29) is 29.7 Å². The van der Waals surface area contributed by atoms with E-state index in [1.54, 1.807) is 12.0 Å². The number of anilines is 1. The van der Waals surface area contributed by atoms with Crippen molar-refractivity contribution < 1.29 is 14.3 Å². The lowest BCUT2D eigenvalue weighted by Crippen LogP contribution is -2.44. The van der Waals surface area contributed by atoms with Crippen LogP contribution in [-0.4, -0.2) is 31.0 Å². The molecular formula is C17H24N2O3. The molecule has 2 amide bonds. The van der Waals surface area contributed by atoms with Gasteiger partial charge >= 0.3 is 0 Å². The number of carbonyl (C=O) groups is 2. The van der Waals surface area contributed by atoms with Gasteiger partial charge in [0.05, 0.1) is 18.7 Å². The van der Waals surface area contributed by atoms with Gasteiger partial charge in [0.25, 0.3) is 0 Å². The van der Waals surface area contributed by atoms with E-state index < -0.39 is 0 Å². The number of nitrogens with one attached hydrogen (secondary N) is 1. The summed E-state index contributed by atoms with van der Waals surface area (Å²) >= 11 is 0. The highest BCUT2D eigenvalue weighted by Crippen LogP contribution is 2.34. The fourth-order valence-electron chi connectivity index (χ4n) is 2.60. The number of ether oxygens (including phenoxy) is 1. The van der Waals surface area contributed by atoms with Gasteiger partial charge < -0.3 is 15.0 Å². The Morgan fingerprint density at radius 3 is 2.64 bits per heavy atom. The van der Waals surface area contributed by atoms with Gasteiger partial charge in [-0.15, -0.1) is 0 Å². The molecule has 1 N–H and O–H groups in total. The normalized spacial score (nSPS) is 18.5. The van der Waals surface area contributed by atoms with Crippen LogP contribution in [0.5, 0.6) is 5.75 Å². The van der Waals surface area contributed by atoms with Crippen LogP contribution in [0.1, 0.15) is 32.8 Å². The summed E-state index contributed by atoms with van der Waals surface area (Å²) in [5.74, 6) is 0.209. The largest absolute Gasteiger partial charge is 0.495 e. The molecule has 1 saturated heterocycles. The number of rotatable bonds is 3. The van der Waals surface area contributed by atoms with Gasteiger partial charge in [-0.25, -0.2) is 0 Å². The molecule has 1 atom stereocenters. The molecule has 0 bridgehead atoms. The van der Waals surface area contributed by atoms with E-state index in [0.717, 1.165) is 11.3 Å². The highest BCUT2D eigenvalue weighted by atomic mass is 16.5. The number of hydrogen-bond donors (Lipinski definition) is 1. The van der Waals surface area contributed by atoms with E-state index in [2.05, 4.69) is 5.32 Å². The number of amides is 2. The van der Waals surface area contributed by atoms with Crippen molar-refractivity contribution in [2.45, 2.75) is 39.7 Å². The van der Waals surface area contributed by atoms with Crippen molar-refractivity contribution in [3.63, 3.8) is 0 Å². The highest BCUT2D eigenvalue weighted by Gasteiger charge is 2.37. The lowest BCUT2D eigenvalue weighted by atomic mass is 10.0. The standard InChI is InChI=1S/C17H24N2O3/c1-11-6-7-14(22-5)13(8-11)19-10-12(9-15(19)20)16(21)18-17(2,3)4/h6-8,12H,9-10H2,1-5H3,(H,18,21)/t12-/m1/s1. The van der Waals surface area contributed by atoms with Crippen LogP contribution >= 0.6 is 0 Å². The number of methoxy groups -OCH3 is 1. The van der Waals surface area contributed by atoms with Crippen molar-refractivity contribution in [1.29, 1.82) is 0 Å². The summed E-state index contributed by atoms with van der Waals surface area (Å²) in [7, 11) is 1.58. The molecule has 22 heavy (non-hydrogen) atoms. The Labute approximate surface area is 131 Å². The quantitative estimate of drug-likeness (QED) is 0.932. The van der Waals surface area contributed by atoms with Crippen molar-refractivity contribution >= 4 is 17.5 Å². The Bertz CT molecular complexity index is 590. The van der Waals surface area contributed by atoms with E-state index in [1.807, 2.05) is 45.9 Å². The first-order valence-corrected chi connectivity index (χ1v) is 7.48. The van der Waals surface area contributed by atoms with Crippen molar-refractivity contribution in [2.75, 3.05) is 18.6 Å². The lowest BCUT2D eigenvalue weighted by Gasteiger charge is -2.23. The van der Waals surface area contributed by atoms with E-state index in [1.165, 1.54) is 0 Å². The molecular weight excluding hydrogens is 280 g/mol. The minimum absolute atomic E-state index is 0.0436. The maximum atomic E-state index is 12.3. The second-order valence-corrected chi connectivity index (χ2v) is 6.82. The summed E-state index contributed by atoms with van der Waals surface area (Å²) in [6.07, 6.45) is 0.235. The van der Waals surface area contributed by atoms with Gasteiger partial charge in [0, 0.05) is 18.5 Å². The molecule has 120 valence electrons. The number of carbonyl (C=O) groups excluding carboxylic acids is 2. The number of aryl methyl sites for hydroxylation is 1. The SMILES string of the molecule is COc1ccc(C)cc1N1C[C@H](C(=O)NC(C)(C)C)CC1=O. The molecule has 1 aromatic carbocycles. The summed E-state index contributed by atoms with van der Waals surface area (Å²) in [4.78, 5) is 26.3. The van der Waals surface area contributed by atoms with Crippen LogP contribution in [0.4, 0.5) is 5.69 Å². The molecule has 0 aromatic heterocycles. The molecule has 2 rings (SSSR count). The van der Waals surface area contributed by atoms with Crippen molar-refractivity contribution in [3.05, 3.63) is 23.8 Å². The molecule has 0 unspecified atom stereocenters. The first-order chi connectivity index (χ1) is 10.2. The van der Waals surface area contributed by atoms with Crippen LogP contribution in [0.25, 0.3) is 0 Å². The number of hydrogen-bond acceptors (Lipinski definition) is 3. The minimum atomic E-state index is -0.322. The topological polar surface area (TPSA) is 58.6 Å². The third-order valence-electron chi connectivity index (χ3n) is 3.62. The predicted molar refractivity (Wildman–Crippen MR) is 86.1 cm³/mol. The Morgan fingerprint density at radius 2 is 2.05 bits per heavy atom. The fraction of sp³-hybridized carbons (Fsp3) is 0.529. The number of nitrogens with zero attached hydrogens (tertiary/aromatic N) is 1. The third kappa shape index (κ3) is 3.59. The van der Waals surface area contributed by atoms with E-state index in [9.17, 15) is 9.59 Å². The maximum Gasteiger partial charge on any atom is 0.227 e. The zero-order valence-corrected chi connectivity index (χ0v) is 13.9. The Hall–Kier alpha value is -2.04. The zero-order chi connectivity index (χ0) is 16.5. The van der Waals surface area contributed by atoms with Gasteiger partial charge in [0.15, 0.2) is 0 Å². The molecule has 1 fully saturated rings. The van der Waals surface area contributed by atoms with Gasteiger partial charge in [-0.3, -0.25) is 9.59 Å². The molecule has 1 aromatic rings. The van der Waals surface area contributed by atoms with Crippen LogP contribution in [0, 0.1) is 12.8 Å². The third-order valence-corrected chi connectivity index (χ3v) is 3.62. The predicted octanol–water partition coefficient (Wildman–Crippen LogP) is 2.27. The monoisotopic (exact) mass is 304 g/mol. The van der Waals surface area contributed by atoms with Crippen LogP contribution in [0.15, 0.2) is 18.2 Å².